The number of hydrogen-bond acceptors (Lipinski definition) is 3. The minimum atomic E-state index is -0.632. The van der Waals surface area contributed by atoms with Crippen LogP contribution in [-0.4, -0.2) is 48.6 Å². The normalized spacial score (nSPS) is 15.1. The topological polar surface area (TPSA) is 44.8 Å². The molecule has 0 bridgehead atoms. The van der Waals surface area contributed by atoms with Crippen molar-refractivity contribution in [1.82, 2.24) is 15.1 Å². The van der Waals surface area contributed by atoms with Crippen molar-refractivity contribution in [3.05, 3.63) is 65.2 Å². The van der Waals surface area contributed by atoms with Gasteiger partial charge in [0.2, 0.25) is 0 Å². The average molecular weight is 446 g/mol. The number of ether oxygens (including phenoxy) is 1. The van der Waals surface area contributed by atoms with Gasteiger partial charge in [-0.2, -0.15) is 0 Å². The van der Waals surface area contributed by atoms with Crippen LogP contribution in [0.4, 0.5) is 13.6 Å². The lowest BCUT2D eigenvalue weighted by Crippen LogP contribution is -2.49. The molecular formula is C25H33F2N3O2. The van der Waals surface area contributed by atoms with Crippen LogP contribution < -0.4 is 10.1 Å². The molecule has 174 valence electrons. The molecule has 5 nitrogen and oxygen atoms in total. The smallest absolute Gasteiger partial charge is 0.318 e. The summed E-state index contributed by atoms with van der Waals surface area (Å²) in [5, 5.41) is 2.92. The van der Waals surface area contributed by atoms with Gasteiger partial charge in [-0.1, -0.05) is 32.0 Å². The van der Waals surface area contributed by atoms with E-state index in [9.17, 15) is 13.6 Å². The Morgan fingerprint density at radius 3 is 2.34 bits per heavy atom. The number of hydrogen-bond donors (Lipinski definition) is 1. The molecular weight excluding hydrogens is 412 g/mol. The Bertz CT molecular complexity index is 861. The third-order valence-electron chi connectivity index (χ3n) is 5.73. The Hall–Kier alpha value is -2.67. The minimum Gasteiger partial charge on any atom is -0.493 e. The fraction of sp³-hybridized carbons (Fsp3) is 0.480. The molecule has 0 saturated carbocycles. The molecule has 1 N–H and O–H groups in total. The van der Waals surface area contributed by atoms with Gasteiger partial charge in [0.05, 0.1) is 13.2 Å². The van der Waals surface area contributed by atoms with Crippen LogP contribution in [0.15, 0.2) is 42.5 Å². The third kappa shape index (κ3) is 6.66. The molecule has 3 rings (SSSR count). The molecule has 1 aliphatic rings. The first-order valence-electron chi connectivity index (χ1n) is 11.2. The second-order valence-electron chi connectivity index (χ2n) is 8.87. The number of carbonyl (C=O) groups excluding carboxylic acids is 1. The number of amides is 2. The standard InChI is InChI=1S/C25H33F2N3O2/c1-18(2)17-32-21-9-7-19(8-10-21)15-28-25(31)30(20-11-13-29(3)14-12-20)16-22-23(26)5-4-6-24(22)27/h4-10,18,20H,11-17H2,1-3H3,(H,28,31). The van der Waals surface area contributed by atoms with E-state index < -0.39 is 11.6 Å². The summed E-state index contributed by atoms with van der Waals surface area (Å²) in [4.78, 5) is 16.9. The van der Waals surface area contributed by atoms with Crippen molar-refractivity contribution < 1.29 is 18.3 Å². The number of carbonyl (C=O) groups is 1. The summed E-state index contributed by atoms with van der Waals surface area (Å²) in [6.07, 6.45) is 1.53. The molecule has 0 unspecified atom stereocenters. The molecule has 2 aromatic rings. The zero-order valence-corrected chi connectivity index (χ0v) is 19.1. The highest BCUT2D eigenvalue weighted by atomic mass is 19.1. The lowest BCUT2D eigenvalue weighted by atomic mass is 10.0. The van der Waals surface area contributed by atoms with Crippen molar-refractivity contribution in [1.29, 1.82) is 0 Å². The highest BCUT2D eigenvalue weighted by molar-refractivity contribution is 5.74. The Balaban J connectivity index is 1.67. The van der Waals surface area contributed by atoms with Gasteiger partial charge in [0, 0.05) is 18.2 Å². The molecule has 1 heterocycles. The van der Waals surface area contributed by atoms with Crippen LogP contribution in [0.3, 0.4) is 0 Å². The van der Waals surface area contributed by atoms with E-state index >= 15 is 0 Å². The second kappa shape index (κ2) is 11.3. The van der Waals surface area contributed by atoms with E-state index in [0.29, 0.717) is 19.1 Å². The van der Waals surface area contributed by atoms with E-state index in [1.807, 2.05) is 31.3 Å². The predicted molar refractivity (Wildman–Crippen MR) is 121 cm³/mol. The highest BCUT2D eigenvalue weighted by Gasteiger charge is 2.28. The maximum absolute atomic E-state index is 14.3. The molecule has 7 heteroatoms. The van der Waals surface area contributed by atoms with Crippen molar-refractivity contribution in [2.75, 3.05) is 26.7 Å². The first-order valence-corrected chi connectivity index (χ1v) is 11.2. The van der Waals surface area contributed by atoms with Crippen molar-refractivity contribution in [2.24, 2.45) is 5.92 Å². The van der Waals surface area contributed by atoms with Gasteiger partial charge in [0.1, 0.15) is 17.4 Å². The molecule has 2 aromatic carbocycles. The van der Waals surface area contributed by atoms with E-state index in [1.165, 1.54) is 18.2 Å². The first kappa shape index (κ1) is 24.0. The number of halogens is 2. The average Bonchev–Trinajstić information content (AvgIpc) is 2.77. The number of benzene rings is 2. The van der Waals surface area contributed by atoms with Gasteiger partial charge in [-0.3, -0.25) is 0 Å². The van der Waals surface area contributed by atoms with Crippen molar-refractivity contribution >= 4 is 6.03 Å². The first-order chi connectivity index (χ1) is 15.3. The van der Waals surface area contributed by atoms with Gasteiger partial charge in [0.15, 0.2) is 0 Å². The van der Waals surface area contributed by atoms with Crippen LogP contribution in [0.2, 0.25) is 0 Å². The molecule has 1 aliphatic heterocycles. The Kier molecular flexibility index (Phi) is 8.45. The predicted octanol–water partition coefficient (Wildman–Crippen LogP) is 4.81. The van der Waals surface area contributed by atoms with Gasteiger partial charge in [-0.25, -0.2) is 13.6 Å². The van der Waals surface area contributed by atoms with Gasteiger partial charge >= 0.3 is 6.03 Å². The Labute approximate surface area is 189 Å². The van der Waals surface area contributed by atoms with Crippen LogP contribution in [-0.2, 0) is 13.1 Å². The molecule has 0 radical (unpaired) electrons. The third-order valence-corrected chi connectivity index (χ3v) is 5.73. The van der Waals surface area contributed by atoms with E-state index in [4.69, 9.17) is 4.74 Å². The molecule has 1 saturated heterocycles. The quantitative estimate of drug-likeness (QED) is 0.635. The lowest BCUT2D eigenvalue weighted by Gasteiger charge is -2.37. The molecule has 0 aromatic heterocycles. The highest BCUT2D eigenvalue weighted by Crippen LogP contribution is 2.22. The zero-order chi connectivity index (χ0) is 23.1. The summed E-state index contributed by atoms with van der Waals surface area (Å²) in [5.74, 6) is -0.0315. The van der Waals surface area contributed by atoms with E-state index in [1.54, 1.807) is 4.90 Å². The number of nitrogens with zero attached hydrogens (tertiary/aromatic N) is 2. The fourth-order valence-electron chi connectivity index (χ4n) is 3.77. The molecule has 0 atom stereocenters. The van der Waals surface area contributed by atoms with Crippen LogP contribution in [0.1, 0.15) is 37.8 Å². The van der Waals surface area contributed by atoms with E-state index in [2.05, 4.69) is 24.1 Å². The molecule has 32 heavy (non-hydrogen) atoms. The van der Waals surface area contributed by atoms with Crippen molar-refractivity contribution in [3.8, 4) is 5.75 Å². The van der Waals surface area contributed by atoms with Crippen LogP contribution >= 0.6 is 0 Å². The van der Waals surface area contributed by atoms with Crippen LogP contribution in [0.25, 0.3) is 0 Å². The second-order valence-corrected chi connectivity index (χ2v) is 8.87. The monoisotopic (exact) mass is 445 g/mol. The Morgan fingerprint density at radius 2 is 1.75 bits per heavy atom. The summed E-state index contributed by atoms with van der Waals surface area (Å²) >= 11 is 0. The van der Waals surface area contributed by atoms with Crippen LogP contribution in [0, 0.1) is 17.6 Å². The van der Waals surface area contributed by atoms with Crippen molar-refractivity contribution in [2.45, 2.75) is 45.8 Å². The summed E-state index contributed by atoms with van der Waals surface area (Å²) in [6.45, 7) is 6.74. The molecule has 0 spiro atoms. The SMILES string of the molecule is CC(C)COc1ccc(CNC(=O)N(Cc2c(F)cccc2F)C2CCN(C)CC2)cc1. The molecule has 1 fully saturated rings. The summed E-state index contributed by atoms with van der Waals surface area (Å²) in [7, 11) is 2.03. The largest absolute Gasteiger partial charge is 0.493 e. The van der Waals surface area contributed by atoms with E-state index in [-0.39, 0.29) is 24.2 Å². The number of urea groups is 1. The molecule has 0 aliphatic carbocycles. The lowest BCUT2D eigenvalue weighted by molar-refractivity contribution is 0.125. The van der Waals surface area contributed by atoms with E-state index in [0.717, 1.165) is 37.2 Å². The summed E-state index contributed by atoms with van der Waals surface area (Å²) < 4.78 is 34.3. The van der Waals surface area contributed by atoms with Gasteiger partial charge in [0.25, 0.3) is 0 Å². The van der Waals surface area contributed by atoms with Gasteiger partial charge < -0.3 is 19.9 Å². The Morgan fingerprint density at radius 1 is 1.12 bits per heavy atom. The summed E-state index contributed by atoms with van der Waals surface area (Å²) in [5.41, 5.74) is 0.851. The molecule has 2 amide bonds. The van der Waals surface area contributed by atoms with Gasteiger partial charge in [-0.15, -0.1) is 0 Å². The fourth-order valence-corrected chi connectivity index (χ4v) is 3.77. The maximum atomic E-state index is 14.3. The zero-order valence-electron chi connectivity index (χ0n) is 19.1. The maximum Gasteiger partial charge on any atom is 0.318 e. The minimum absolute atomic E-state index is 0.0722. The van der Waals surface area contributed by atoms with Gasteiger partial charge in [-0.05, 0) is 68.7 Å². The number of rotatable bonds is 8. The van der Waals surface area contributed by atoms with Crippen LogP contribution in [0.5, 0.6) is 5.75 Å². The number of likely N-dealkylation sites (tertiary alicyclic amines) is 1. The van der Waals surface area contributed by atoms with Crippen molar-refractivity contribution in [3.63, 3.8) is 0 Å². The number of piperidine rings is 1. The summed E-state index contributed by atoms with van der Waals surface area (Å²) in [6, 6.07) is 11.0. The number of nitrogens with one attached hydrogen (secondary N) is 1.